The summed E-state index contributed by atoms with van der Waals surface area (Å²) in [7, 11) is 0. The lowest BCUT2D eigenvalue weighted by Gasteiger charge is -2.33. The SMILES string of the molecule is NCC(=O)N[C@H]1CCCN(Cc2ccccc2)C1. The van der Waals surface area contributed by atoms with Gasteiger partial charge in [0.05, 0.1) is 6.54 Å². The third-order valence-electron chi connectivity index (χ3n) is 3.31. The highest BCUT2D eigenvalue weighted by Crippen LogP contribution is 2.13. The molecule has 0 unspecified atom stereocenters. The molecule has 0 radical (unpaired) electrons. The predicted octanol–water partition coefficient (Wildman–Crippen LogP) is 0.726. The van der Waals surface area contributed by atoms with E-state index in [-0.39, 0.29) is 18.5 Å². The van der Waals surface area contributed by atoms with Crippen molar-refractivity contribution >= 4 is 5.91 Å². The average Bonchev–Trinajstić information content (AvgIpc) is 2.40. The molecule has 1 fully saturated rings. The van der Waals surface area contributed by atoms with Crippen molar-refractivity contribution in [2.75, 3.05) is 19.6 Å². The van der Waals surface area contributed by atoms with Crippen LogP contribution in [0.1, 0.15) is 18.4 Å². The summed E-state index contributed by atoms with van der Waals surface area (Å²) in [6.07, 6.45) is 2.18. The van der Waals surface area contributed by atoms with E-state index in [1.165, 1.54) is 5.56 Å². The number of carbonyl (C=O) groups is 1. The van der Waals surface area contributed by atoms with Crippen LogP contribution in [0.5, 0.6) is 0 Å². The summed E-state index contributed by atoms with van der Waals surface area (Å²) in [5.74, 6) is -0.0541. The molecule has 0 bridgehead atoms. The van der Waals surface area contributed by atoms with E-state index >= 15 is 0 Å². The standard InChI is InChI=1S/C14H21N3O/c15-9-14(18)16-13-7-4-8-17(11-13)10-12-5-2-1-3-6-12/h1-3,5-6,13H,4,7-11,15H2,(H,16,18)/t13-/m0/s1. The monoisotopic (exact) mass is 247 g/mol. The third-order valence-corrected chi connectivity index (χ3v) is 3.31. The molecule has 4 nitrogen and oxygen atoms in total. The van der Waals surface area contributed by atoms with E-state index in [1.807, 2.05) is 6.07 Å². The lowest BCUT2D eigenvalue weighted by Crippen LogP contribution is -2.48. The highest BCUT2D eigenvalue weighted by atomic mass is 16.1. The second kappa shape index (κ2) is 6.52. The van der Waals surface area contributed by atoms with E-state index in [4.69, 9.17) is 5.73 Å². The molecule has 1 amide bonds. The van der Waals surface area contributed by atoms with Crippen LogP contribution < -0.4 is 11.1 Å². The molecule has 1 aromatic rings. The number of hydrogen-bond donors (Lipinski definition) is 2. The minimum Gasteiger partial charge on any atom is -0.351 e. The fraction of sp³-hybridized carbons (Fsp3) is 0.500. The molecule has 18 heavy (non-hydrogen) atoms. The number of nitrogens with one attached hydrogen (secondary N) is 1. The summed E-state index contributed by atoms with van der Waals surface area (Å²) in [5, 5.41) is 2.98. The fourth-order valence-electron chi connectivity index (χ4n) is 2.45. The molecule has 0 spiro atoms. The van der Waals surface area contributed by atoms with Crippen molar-refractivity contribution in [2.45, 2.75) is 25.4 Å². The van der Waals surface area contributed by atoms with Gasteiger partial charge in [-0.2, -0.15) is 0 Å². The van der Waals surface area contributed by atoms with E-state index in [9.17, 15) is 4.79 Å². The van der Waals surface area contributed by atoms with E-state index < -0.39 is 0 Å². The van der Waals surface area contributed by atoms with Gasteiger partial charge in [0.15, 0.2) is 0 Å². The van der Waals surface area contributed by atoms with Crippen LogP contribution in [-0.4, -0.2) is 36.5 Å². The largest absolute Gasteiger partial charge is 0.351 e. The molecule has 1 aromatic carbocycles. The van der Waals surface area contributed by atoms with E-state index in [0.717, 1.165) is 32.5 Å². The highest BCUT2D eigenvalue weighted by Gasteiger charge is 2.20. The van der Waals surface area contributed by atoms with Gasteiger partial charge in [0.25, 0.3) is 0 Å². The molecule has 1 aliphatic rings. The average molecular weight is 247 g/mol. The van der Waals surface area contributed by atoms with Gasteiger partial charge >= 0.3 is 0 Å². The van der Waals surface area contributed by atoms with Gasteiger partial charge in [-0.15, -0.1) is 0 Å². The van der Waals surface area contributed by atoms with Crippen molar-refractivity contribution in [2.24, 2.45) is 5.73 Å². The maximum Gasteiger partial charge on any atom is 0.233 e. The van der Waals surface area contributed by atoms with Crippen molar-refractivity contribution in [3.05, 3.63) is 35.9 Å². The molecule has 1 saturated heterocycles. The minimum absolute atomic E-state index is 0.0541. The van der Waals surface area contributed by atoms with Gasteiger partial charge in [-0.05, 0) is 24.9 Å². The molecule has 4 heteroatoms. The Morgan fingerprint density at radius 1 is 1.39 bits per heavy atom. The fourth-order valence-corrected chi connectivity index (χ4v) is 2.45. The molecular weight excluding hydrogens is 226 g/mol. The van der Waals surface area contributed by atoms with Crippen LogP contribution in [0.4, 0.5) is 0 Å². The normalized spacial score (nSPS) is 20.6. The van der Waals surface area contributed by atoms with Crippen LogP contribution in [0, 0.1) is 0 Å². The number of likely N-dealkylation sites (tertiary alicyclic amines) is 1. The molecule has 3 N–H and O–H groups in total. The van der Waals surface area contributed by atoms with Crippen LogP contribution in [0.3, 0.4) is 0 Å². The number of nitrogens with zero attached hydrogens (tertiary/aromatic N) is 1. The van der Waals surface area contributed by atoms with E-state index in [2.05, 4.69) is 34.5 Å². The van der Waals surface area contributed by atoms with Crippen molar-refractivity contribution in [3.8, 4) is 0 Å². The van der Waals surface area contributed by atoms with Gasteiger partial charge in [-0.25, -0.2) is 0 Å². The number of carbonyl (C=O) groups excluding carboxylic acids is 1. The number of hydrogen-bond acceptors (Lipinski definition) is 3. The maximum atomic E-state index is 11.3. The Balaban J connectivity index is 1.85. The summed E-state index contributed by atoms with van der Waals surface area (Å²) in [5.41, 5.74) is 6.64. The van der Waals surface area contributed by atoms with Crippen molar-refractivity contribution in [1.82, 2.24) is 10.2 Å². The lowest BCUT2D eigenvalue weighted by atomic mass is 10.0. The Kier molecular flexibility index (Phi) is 4.73. The van der Waals surface area contributed by atoms with Crippen LogP contribution in [0.15, 0.2) is 30.3 Å². The second-order valence-electron chi connectivity index (χ2n) is 4.83. The van der Waals surface area contributed by atoms with Gasteiger partial charge in [0.2, 0.25) is 5.91 Å². The molecule has 98 valence electrons. The van der Waals surface area contributed by atoms with Gasteiger partial charge in [-0.1, -0.05) is 30.3 Å². The summed E-state index contributed by atoms with van der Waals surface area (Å²) >= 11 is 0. The summed E-state index contributed by atoms with van der Waals surface area (Å²) < 4.78 is 0. The minimum atomic E-state index is -0.0541. The van der Waals surface area contributed by atoms with Gasteiger partial charge < -0.3 is 11.1 Å². The molecular formula is C14H21N3O. The first-order valence-electron chi connectivity index (χ1n) is 6.53. The van der Waals surface area contributed by atoms with Crippen LogP contribution >= 0.6 is 0 Å². The van der Waals surface area contributed by atoms with Gasteiger partial charge in [-0.3, -0.25) is 9.69 Å². The summed E-state index contributed by atoms with van der Waals surface area (Å²) in [4.78, 5) is 13.7. The Bertz CT molecular complexity index is 380. The molecule has 1 aliphatic heterocycles. The molecule has 2 rings (SSSR count). The summed E-state index contributed by atoms with van der Waals surface area (Å²) in [6, 6.07) is 10.7. The van der Waals surface area contributed by atoms with Crippen molar-refractivity contribution < 1.29 is 4.79 Å². The van der Waals surface area contributed by atoms with E-state index in [1.54, 1.807) is 0 Å². The first-order chi connectivity index (χ1) is 8.78. The quantitative estimate of drug-likeness (QED) is 0.824. The zero-order valence-corrected chi connectivity index (χ0v) is 10.6. The Hall–Kier alpha value is -1.39. The van der Waals surface area contributed by atoms with Gasteiger partial charge in [0, 0.05) is 19.1 Å². The van der Waals surface area contributed by atoms with Crippen molar-refractivity contribution in [3.63, 3.8) is 0 Å². The number of piperidine rings is 1. The third kappa shape index (κ3) is 3.82. The Morgan fingerprint density at radius 3 is 2.89 bits per heavy atom. The predicted molar refractivity (Wildman–Crippen MR) is 71.9 cm³/mol. The first kappa shape index (κ1) is 13.1. The van der Waals surface area contributed by atoms with Crippen LogP contribution in [-0.2, 0) is 11.3 Å². The maximum absolute atomic E-state index is 11.3. The molecule has 0 aromatic heterocycles. The molecule has 1 heterocycles. The number of benzene rings is 1. The Morgan fingerprint density at radius 2 is 2.17 bits per heavy atom. The molecule has 1 atom stereocenters. The Labute approximate surface area is 108 Å². The summed E-state index contributed by atoms with van der Waals surface area (Å²) in [6.45, 7) is 3.05. The van der Waals surface area contributed by atoms with Crippen LogP contribution in [0.2, 0.25) is 0 Å². The van der Waals surface area contributed by atoms with E-state index in [0.29, 0.717) is 0 Å². The van der Waals surface area contributed by atoms with Crippen LogP contribution in [0.25, 0.3) is 0 Å². The van der Waals surface area contributed by atoms with Gasteiger partial charge in [0.1, 0.15) is 0 Å². The lowest BCUT2D eigenvalue weighted by molar-refractivity contribution is -0.120. The zero-order valence-electron chi connectivity index (χ0n) is 10.6. The smallest absolute Gasteiger partial charge is 0.233 e. The number of nitrogens with two attached hydrogens (primary N) is 1. The first-order valence-corrected chi connectivity index (χ1v) is 6.53. The zero-order chi connectivity index (χ0) is 12.8. The second-order valence-corrected chi connectivity index (χ2v) is 4.83. The number of rotatable bonds is 4. The van der Waals surface area contributed by atoms with Crippen molar-refractivity contribution in [1.29, 1.82) is 0 Å². The highest BCUT2D eigenvalue weighted by molar-refractivity contribution is 5.78. The molecule has 0 aliphatic carbocycles. The topological polar surface area (TPSA) is 58.4 Å². The molecule has 0 saturated carbocycles. The number of amides is 1.